The quantitative estimate of drug-likeness (QED) is 0.367. The third-order valence-electron chi connectivity index (χ3n) is 4.36. The van der Waals surface area contributed by atoms with Gasteiger partial charge in [0.2, 0.25) is 0 Å². The van der Waals surface area contributed by atoms with Gasteiger partial charge in [-0.05, 0) is 49.4 Å². The number of halogens is 4. The summed E-state index contributed by atoms with van der Waals surface area (Å²) in [6, 6.07) is 15.4. The van der Waals surface area contributed by atoms with Gasteiger partial charge in [0.25, 0.3) is 15.9 Å². The third kappa shape index (κ3) is 5.10. The molecule has 0 aliphatic carbocycles. The van der Waals surface area contributed by atoms with Crippen LogP contribution in [0.1, 0.15) is 17.3 Å². The van der Waals surface area contributed by atoms with Gasteiger partial charge in [0, 0.05) is 6.54 Å². The van der Waals surface area contributed by atoms with Gasteiger partial charge in [-0.1, -0.05) is 64.6 Å². The van der Waals surface area contributed by atoms with Crippen molar-refractivity contribution in [1.29, 1.82) is 0 Å². The summed E-state index contributed by atoms with van der Waals surface area (Å²) in [5.41, 5.74) is 0.687. The molecule has 3 aromatic carbocycles. The number of rotatable bonds is 6. The number of amides is 1. The van der Waals surface area contributed by atoms with Crippen molar-refractivity contribution in [2.45, 2.75) is 11.8 Å². The van der Waals surface area contributed by atoms with Gasteiger partial charge in [0.15, 0.2) is 0 Å². The molecular formula is C21H16Cl4N2O3S. The van der Waals surface area contributed by atoms with Gasteiger partial charge in [-0.15, -0.1) is 0 Å². The molecule has 10 heteroatoms. The Bertz CT molecular complexity index is 1230. The SMILES string of the molecule is CCN(c1ccccc1)S(=O)(=O)c1ccc(Cl)c(C(=O)Nc2cc(Cl)c(Cl)cc2Cl)c1. The van der Waals surface area contributed by atoms with Crippen molar-refractivity contribution in [3.05, 3.63) is 86.3 Å². The van der Waals surface area contributed by atoms with E-state index < -0.39 is 15.9 Å². The number of nitrogens with one attached hydrogen (secondary N) is 1. The van der Waals surface area contributed by atoms with Crippen molar-refractivity contribution in [3.8, 4) is 0 Å². The van der Waals surface area contributed by atoms with Crippen LogP contribution in [0.15, 0.2) is 65.6 Å². The average Bonchev–Trinajstić information content (AvgIpc) is 2.73. The molecule has 0 spiro atoms. The second-order valence-electron chi connectivity index (χ2n) is 6.35. The number of benzene rings is 3. The molecule has 0 atom stereocenters. The molecule has 3 rings (SSSR count). The number of anilines is 2. The van der Waals surface area contributed by atoms with Crippen molar-refractivity contribution < 1.29 is 13.2 Å². The van der Waals surface area contributed by atoms with Crippen molar-refractivity contribution >= 4 is 73.7 Å². The molecule has 0 saturated carbocycles. The van der Waals surface area contributed by atoms with E-state index in [9.17, 15) is 13.2 Å². The smallest absolute Gasteiger partial charge is 0.264 e. The zero-order valence-electron chi connectivity index (χ0n) is 16.1. The van der Waals surface area contributed by atoms with Crippen LogP contribution < -0.4 is 9.62 Å². The van der Waals surface area contributed by atoms with Crippen LogP contribution in [-0.2, 0) is 10.0 Å². The van der Waals surface area contributed by atoms with E-state index in [2.05, 4.69) is 5.32 Å². The minimum Gasteiger partial charge on any atom is -0.321 e. The van der Waals surface area contributed by atoms with E-state index in [1.54, 1.807) is 37.3 Å². The maximum Gasteiger partial charge on any atom is 0.264 e. The zero-order chi connectivity index (χ0) is 22.8. The first-order valence-corrected chi connectivity index (χ1v) is 11.9. The summed E-state index contributed by atoms with van der Waals surface area (Å²) in [5, 5.41) is 3.26. The Morgan fingerprint density at radius 3 is 2.16 bits per heavy atom. The largest absolute Gasteiger partial charge is 0.321 e. The second-order valence-corrected chi connectivity index (χ2v) is 9.84. The average molecular weight is 518 g/mol. The Hall–Kier alpha value is -1.96. The van der Waals surface area contributed by atoms with Crippen LogP contribution in [-0.4, -0.2) is 20.9 Å². The zero-order valence-corrected chi connectivity index (χ0v) is 19.9. The van der Waals surface area contributed by atoms with Crippen LogP contribution in [0.5, 0.6) is 0 Å². The highest BCUT2D eigenvalue weighted by molar-refractivity contribution is 7.92. The van der Waals surface area contributed by atoms with E-state index in [1.807, 2.05) is 0 Å². The maximum atomic E-state index is 13.2. The first kappa shape index (κ1) is 23.7. The first-order valence-electron chi connectivity index (χ1n) is 8.98. The lowest BCUT2D eigenvalue weighted by molar-refractivity contribution is 0.102. The van der Waals surface area contributed by atoms with Gasteiger partial charge in [-0.25, -0.2) is 8.42 Å². The molecule has 0 aliphatic rings. The number of sulfonamides is 1. The number of para-hydroxylation sites is 1. The fourth-order valence-electron chi connectivity index (χ4n) is 2.86. The van der Waals surface area contributed by atoms with Gasteiger partial charge in [0.05, 0.1) is 41.9 Å². The predicted molar refractivity (Wildman–Crippen MR) is 128 cm³/mol. The van der Waals surface area contributed by atoms with E-state index in [4.69, 9.17) is 46.4 Å². The molecule has 0 unspecified atom stereocenters. The highest BCUT2D eigenvalue weighted by Gasteiger charge is 2.25. The van der Waals surface area contributed by atoms with Gasteiger partial charge in [0.1, 0.15) is 0 Å². The Balaban J connectivity index is 1.98. The number of hydrogen-bond donors (Lipinski definition) is 1. The molecule has 0 bridgehead atoms. The molecule has 0 fully saturated rings. The van der Waals surface area contributed by atoms with Crippen LogP contribution in [0.25, 0.3) is 0 Å². The topological polar surface area (TPSA) is 66.5 Å². The van der Waals surface area contributed by atoms with Gasteiger partial charge in [-0.2, -0.15) is 0 Å². The standard InChI is InChI=1S/C21H16Cl4N2O3S/c1-2-27(13-6-4-3-5-7-13)31(29,30)14-8-9-16(22)15(10-14)21(28)26-20-12-18(24)17(23)11-19(20)25/h3-12H,2H2,1H3,(H,26,28). The first-order chi connectivity index (χ1) is 14.6. The highest BCUT2D eigenvalue weighted by atomic mass is 35.5. The van der Waals surface area contributed by atoms with Crippen LogP contribution in [0.3, 0.4) is 0 Å². The Morgan fingerprint density at radius 1 is 0.871 bits per heavy atom. The maximum absolute atomic E-state index is 13.2. The fraction of sp³-hybridized carbons (Fsp3) is 0.0952. The van der Waals surface area contributed by atoms with E-state index in [-0.39, 0.29) is 42.8 Å². The van der Waals surface area contributed by atoms with Crippen LogP contribution in [0.4, 0.5) is 11.4 Å². The number of nitrogens with zero attached hydrogens (tertiary/aromatic N) is 1. The summed E-state index contributed by atoms with van der Waals surface area (Å²) in [7, 11) is -3.94. The second kappa shape index (κ2) is 9.67. The van der Waals surface area contributed by atoms with E-state index in [1.165, 1.54) is 34.6 Å². The summed E-state index contributed by atoms with van der Waals surface area (Å²) in [6.45, 7) is 1.93. The van der Waals surface area contributed by atoms with E-state index in [0.717, 1.165) is 0 Å². The molecule has 0 heterocycles. The molecule has 162 valence electrons. The molecule has 5 nitrogen and oxygen atoms in total. The van der Waals surface area contributed by atoms with Crippen molar-refractivity contribution in [3.63, 3.8) is 0 Å². The normalized spacial score (nSPS) is 11.3. The predicted octanol–water partition coefficient (Wildman–Crippen LogP) is 6.77. The van der Waals surface area contributed by atoms with Crippen LogP contribution in [0.2, 0.25) is 20.1 Å². The molecule has 3 aromatic rings. The van der Waals surface area contributed by atoms with Crippen molar-refractivity contribution in [2.24, 2.45) is 0 Å². The third-order valence-corrected chi connectivity index (χ3v) is 7.62. The Labute approximate surface area is 200 Å². The highest BCUT2D eigenvalue weighted by Crippen LogP contribution is 2.33. The lowest BCUT2D eigenvalue weighted by Crippen LogP contribution is -2.31. The molecular weight excluding hydrogens is 502 g/mol. The molecule has 1 N–H and O–H groups in total. The van der Waals surface area contributed by atoms with Gasteiger partial charge < -0.3 is 5.32 Å². The minimum absolute atomic E-state index is 0.0333. The van der Waals surface area contributed by atoms with Crippen LogP contribution >= 0.6 is 46.4 Å². The minimum atomic E-state index is -3.94. The molecule has 0 radical (unpaired) electrons. The summed E-state index contributed by atoms with van der Waals surface area (Å²) < 4.78 is 27.7. The lowest BCUT2D eigenvalue weighted by Gasteiger charge is -2.23. The Morgan fingerprint density at radius 2 is 1.52 bits per heavy atom. The number of carbonyl (C=O) groups is 1. The van der Waals surface area contributed by atoms with Crippen LogP contribution in [0, 0.1) is 0 Å². The van der Waals surface area contributed by atoms with Gasteiger partial charge >= 0.3 is 0 Å². The van der Waals surface area contributed by atoms with Gasteiger partial charge in [-0.3, -0.25) is 9.10 Å². The molecule has 1 amide bonds. The number of carbonyl (C=O) groups excluding carboxylic acids is 1. The molecule has 31 heavy (non-hydrogen) atoms. The Kier molecular flexibility index (Phi) is 7.39. The monoisotopic (exact) mass is 516 g/mol. The lowest BCUT2D eigenvalue weighted by atomic mass is 10.2. The van der Waals surface area contributed by atoms with E-state index >= 15 is 0 Å². The summed E-state index contributed by atoms with van der Waals surface area (Å²) in [4.78, 5) is 12.8. The van der Waals surface area contributed by atoms with Crippen molar-refractivity contribution in [2.75, 3.05) is 16.2 Å². The molecule has 0 aliphatic heterocycles. The molecule has 0 aromatic heterocycles. The summed E-state index contributed by atoms with van der Waals surface area (Å²) in [6.07, 6.45) is 0. The summed E-state index contributed by atoms with van der Waals surface area (Å²) in [5.74, 6) is -0.648. The fourth-order valence-corrected chi connectivity index (χ4v) is 5.16. The van der Waals surface area contributed by atoms with Crippen molar-refractivity contribution in [1.82, 2.24) is 0 Å². The van der Waals surface area contributed by atoms with E-state index in [0.29, 0.717) is 5.69 Å². The molecule has 0 saturated heterocycles. The summed E-state index contributed by atoms with van der Waals surface area (Å²) >= 11 is 24.2. The number of hydrogen-bond acceptors (Lipinski definition) is 3.